The lowest BCUT2D eigenvalue weighted by atomic mass is 9.72. The molecule has 3 heterocycles. The van der Waals surface area contributed by atoms with Crippen molar-refractivity contribution < 1.29 is 9.90 Å². The smallest absolute Gasteiger partial charge is 0.405 e. The topological polar surface area (TPSA) is 131 Å². The number of nitrogen functional groups attached to an aromatic ring is 1. The molecule has 5 aromatic rings. The van der Waals surface area contributed by atoms with Crippen molar-refractivity contribution in [1.82, 2.24) is 24.8 Å². The van der Waals surface area contributed by atoms with Gasteiger partial charge in [-0.1, -0.05) is 30.3 Å². The second-order valence-electron chi connectivity index (χ2n) is 9.15. The minimum Gasteiger partial charge on any atom is -0.465 e. The Morgan fingerprint density at radius 1 is 0.946 bits per heavy atom. The standard InChI is InChI=1S/C28H25N7O2/c29-24-21(8-4-17-30-24)25-32-22-13-14-23(31-19-6-2-1-3-7-19)33-26(22)35(25)20-11-9-18(10-12-20)28(15-5-16-28)34-27(36)37/h1-4,6-14,17,34H,5,15-16H2,(H2,29,30)(H,31,33)(H,36,37). The highest BCUT2D eigenvalue weighted by atomic mass is 16.4. The second kappa shape index (κ2) is 8.94. The maximum atomic E-state index is 11.4. The van der Waals surface area contributed by atoms with Crippen molar-refractivity contribution in [3.05, 3.63) is 90.6 Å². The van der Waals surface area contributed by atoms with Crippen LogP contribution in [0.5, 0.6) is 0 Å². The van der Waals surface area contributed by atoms with Gasteiger partial charge in [-0.3, -0.25) is 4.57 Å². The molecule has 0 spiro atoms. The van der Waals surface area contributed by atoms with Crippen molar-refractivity contribution in [2.24, 2.45) is 0 Å². The summed E-state index contributed by atoms with van der Waals surface area (Å²) in [5.74, 6) is 1.68. The number of nitrogens with zero attached hydrogens (tertiary/aromatic N) is 4. The number of hydrogen-bond donors (Lipinski definition) is 4. The highest BCUT2D eigenvalue weighted by molar-refractivity contribution is 5.84. The minimum atomic E-state index is -1.01. The highest BCUT2D eigenvalue weighted by Crippen LogP contribution is 2.42. The lowest BCUT2D eigenvalue weighted by molar-refractivity contribution is 0.144. The third-order valence-electron chi connectivity index (χ3n) is 6.86. The predicted octanol–water partition coefficient (Wildman–Crippen LogP) is 5.46. The number of benzene rings is 2. The number of carbonyl (C=O) groups is 1. The molecule has 9 heteroatoms. The first-order valence-electron chi connectivity index (χ1n) is 12.1. The number of amides is 1. The van der Waals surface area contributed by atoms with Crippen molar-refractivity contribution in [3.63, 3.8) is 0 Å². The van der Waals surface area contributed by atoms with Gasteiger partial charge in [0.15, 0.2) is 11.5 Å². The van der Waals surface area contributed by atoms with Gasteiger partial charge in [0.2, 0.25) is 0 Å². The fourth-order valence-electron chi connectivity index (χ4n) is 4.88. The van der Waals surface area contributed by atoms with E-state index in [-0.39, 0.29) is 0 Å². The summed E-state index contributed by atoms with van der Waals surface area (Å²) < 4.78 is 1.96. The van der Waals surface area contributed by atoms with Gasteiger partial charge < -0.3 is 21.5 Å². The molecule has 2 aromatic carbocycles. The van der Waals surface area contributed by atoms with Crippen LogP contribution in [0.2, 0.25) is 0 Å². The monoisotopic (exact) mass is 491 g/mol. The summed E-state index contributed by atoms with van der Waals surface area (Å²) >= 11 is 0. The molecule has 0 atom stereocenters. The second-order valence-corrected chi connectivity index (χ2v) is 9.15. The average Bonchev–Trinajstić information content (AvgIpc) is 3.26. The van der Waals surface area contributed by atoms with E-state index in [1.807, 2.05) is 83.4 Å². The Morgan fingerprint density at radius 2 is 1.73 bits per heavy atom. The predicted molar refractivity (Wildman–Crippen MR) is 143 cm³/mol. The molecule has 9 nitrogen and oxygen atoms in total. The number of imidazole rings is 1. The number of rotatable bonds is 6. The van der Waals surface area contributed by atoms with Gasteiger partial charge in [-0.15, -0.1) is 0 Å². The molecule has 1 fully saturated rings. The molecule has 1 amide bonds. The van der Waals surface area contributed by atoms with Gasteiger partial charge in [-0.05, 0) is 73.4 Å². The molecule has 37 heavy (non-hydrogen) atoms. The molecular formula is C28H25N7O2. The third kappa shape index (κ3) is 4.10. The SMILES string of the molecule is Nc1ncccc1-c1nc2ccc(Nc3ccccc3)nc2n1-c1ccc(C2(NC(=O)O)CCC2)cc1. The highest BCUT2D eigenvalue weighted by Gasteiger charge is 2.40. The maximum Gasteiger partial charge on any atom is 0.405 e. The van der Waals surface area contributed by atoms with Crippen molar-refractivity contribution >= 4 is 34.6 Å². The number of aromatic nitrogens is 4. The van der Waals surface area contributed by atoms with Crippen molar-refractivity contribution in [2.45, 2.75) is 24.8 Å². The number of hydrogen-bond acceptors (Lipinski definition) is 6. The maximum absolute atomic E-state index is 11.4. The van der Waals surface area contributed by atoms with Crippen LogP contribution in [0.15, 0.2) is 85.1 Å². The fourth-order valence-corrected chi connectivity index (χ4v) is 4.88. The van der Waals surface area contributed by atoms with E-state index in [4.69, 9.17) is 15.7 Å². The summed E-state index contributed by atoms with van der Waals surface area (Å²) in [7, 11) is 0. The minimum absolute atomic E-state index is 0.373. The first-order valence-corrected chi connectivity index (χ1v) is 12.1. The molecule has 0 radical (unpaired) electrons. The van der Waals surface area contributed by atoms with Crippen molar-refractivity contribution in [3.8, 4) is 17.1 Å². The summed E-state index contributed by atoms with van der Waals surface area (Å²) in [4.78, 5) is 25.4. The van der Waals surface area contributed by atoms with Gasteiger partial charge >= 0.3 is 6.09 Å². The van der Waals surface area contributed by atoms with Gasteiger partial charge in [0.25, 0.3) is 0 Å². The number of carboxylic acid groups (broad SMARTS) is 1. The zero-order valence-corrected chi connectivity index (χ0v) is 19.9. The zero-order valence-electron chi connectivity index (χ0n) is 19.9. The zero-order chi connectivity index (χ0) is 25.4. The molecule has 3 aromatic heterocycles. The van der Waals surface area contributed by atoms with Crippen molar-refractivity contribution in [2.75, 3.05) is 11.1 Å². The molecule has 0 unspecified atom stereocenters. The molecule has 1 saturated carbocycles. The largest absolute Gasteiger partial charge is 0.465 e. The van der Waals surface area contributed by atoms with Crippen molar-refractivity contribution in [1.29, 1.82) is 0 Å². The van der Waals surface area contributed by atoms with E-state index in [1.54, 1.807) is 6.20 Å². The number of fused-ring (bicyclic) bond motifs is 1. The van der Waals surface area contributed by atoms with E-state index in [1.165, 1.54) is 0 Å². The van der Waals surface area contributed by atoms with E-state index in [0.29, 0.717) is 34.2 Å². The van der Waals surface area contributed by atoms with E-state index in [2.05, 4.69) is 15.6 Å². The molecule has 6 rings (SSSR count). The Bertz CT molecular complexity index is 1590. The molecular weight excluding hydrogens is 466 g/mol. The van der Waals surface area contributed by atoms with Gasteiger partial charge in [0, 0.05) is 17.6 Å². The van der Waals surface area contributed by atoms with Gasteiger partial charge in [0.1, 0.15) is 17.2 Å². The normalized spacial score (nSPS) is 14.2. The fraction of sp³-hybridized carbons (Fsp3) is 0.143. The van der Waals surface area contributed by atoms with Crippen LogP contribution in [-0.2, 0) is 5.54 Å². The Kier molecular flexibility index (Phi) is 5.45. The quantitative estimate of drug-likeness (QED) is 0.248. The summed E-state index contributed by atoms with van der Waals surface area (Å²) in [6.45, 7) is 0. The van der Waals surface area contributed by atoms with Crippen LogP contribution < -0.4 is 16.4 Å². The van der Waals surface area contributed by atoms with E-state index >= 15 is 0 Å². The van der Waals surface area contributed by atoms with Gasteiger partial charge in [-0.2, -0.15) is 0 Å². The molecule has 0 saturated heterocycles. The van der Waals surface area contributed by atoms with E-state index in [0.717, 1.165) is 36.2 Å². The molecule has 0 aliphatic heterocycles. The van der Waals surface area contributed by atoms with Crippen LogP contribution >= 0.6 is 0 Å². The van der Waals surface area contributed by atoms with Crippen LogP contribution in [-0.4, -0.2) is 30.7 Å². The first-order chi connectivity index (χ1) is 18.0. The average molecular weight is 492 g/mol. The number of pyridine rings is 2. The lowest BCUT2D eigenvalue weighted by Crippen LogP contribution is -2.50. The van der Waals surface area contributed by atoms with Crippen LogP contribution in [0.4, 0.5) is 22.1 Å². The summed E-state index contributed by atoms with van der Waals surface area (Å²) in [5, 5.41) is 15.4. The van der Waals surface area contributed by atoms with Crippen LogP contribution in [0.25, 0.3) is 28.2 Å². The Balaban J connectivity index is 1.48. The summed E-state index contributed by atoms with van der Waals surface area (Å²) in [6, 6.07) is 25.2. The molecule has 1 aliphatic carbocycles. The van der Waals surface area contributed by atoms with Gasteiger partial charge in [0.05, 0.1) is 11.1 Å². The third-order valence-corrected chi connectivity index (χ3v) is 6.86. The summed E-state index contributed by atoms with van der Waals surface area (Å²) in [6.07, 6.45) is 3.18. The van der Waals surface area contributed by atoms with Crippen LogP contribution in [0.3, 0.4) is 0 Å². The summed E-state index contributed by atoms with van der Waals surface area (Å²) in [5.41, 5.74) is 10.5. The lowest BCUT2D eigenvalue weighted by Gasteiger charge is -2.42. The number of anilines is 3. The van der Waals surface area contributed by atoms with Gasteiger partial charge in [-0.25, -0.2) is 19.7 Å². The Morgan fingerprint density at radius 3 is 2.41 bits per heavy atom. The number of nitrogens with two attached hydrogens (primary N) is 1. The first kappa shape index (κ1) is 22.5. The Labute approximate surface area is 213 Å². The molecule has 1 aliphatic rings. The Hall–Kier alpha value is -4.92. The van der Waals surface area contributed by atoms with E-state index in [9.17, 15) is 9.90 Å². The van der Waals surface area contributed by atoms with Crippen LogP contribution in [0, 0.1) is 0 Å². The van der Waals surface area contributed by atoms with E-state index < -0.39 is 11.6 Å². The number of para-hydroxylation sites is 1. The molecule has 184 valence electrons. The molecule has 0 bridgehead atoms. The van der Waals surface area contributed by atoms with Crippen LogP contribution in [0.1, 0.15) is 24.8 Å². The number of nitrogens with one attached hydrogen (secondary N) is 2. The molecule has 5 N–H and O–H groups in total.